The van der Waals surface area contributed by atoms with Crippen molar-refractivity contribution in [1.82, 2.24) is 0 Å². The molecule has 0 N–H and O–H groups in total. The van der Waals surface area contributed by atoms with E-state index in [1.807, 2.05) is 0 Å². The average molecular weight is 230 g/mol. The summed E-state index contributed by atoms with van der Waals surface area (Å²) >= 11 is 0. The zero-order valence-corrected chi connectivity index (χ0v) is 11.4. The third kappa shape index (κ3) is 1.67. The molecule has 1 heterocycles. The van der Waals surface area contributed by atoms with Crippen molar-refractivity contribution < 1.29 is 4.74 Å². The second-order valence-electron chi connectivity index (χ2n) is 6.82. The first-order valence-electron chi connectivity index (χ1n) is 6.71. The van der Waals surface area contributed by atoms with Crippen LogP contribution >= 0.6 is 0 Å². The molecule has 1 fully saturated rings. The Morgan fingerprint density at radius 3 is 2.41 bits per heavy atom. The maximum Gasteiger partial charge on any atom is 0.126 e. The summed E-state index contributed by atoms with van der Waals surface area (Å²) in [6, 6.07) is 4.66. The van der Waals surface area contributed by atoms with Gasteiger partial charge in [0.25, 0.3) is 0 Å². The zero-order valence-electron chi connectivity index (χ0n) is 11.4. The summed E-state index contributed by atoms with van der Waals surface area (Å²) in [5.74, 6) is 1.20. The van der Waals surface area contributed by atoms with E-state index < -0.39 is 0 Å². The largest absolute Gasteiger partial charge is 0.493 e. The summed E-state index contributed by atoms with van der Waals surface area (Å²) in [4.78, 5) is 0. The smallest absolute Gasteiger partial charge is 0.126 e. The molecule has 1 nitrogen and oxygen atoms in total. The fourth-order valence-electron chi connectivity index (χ4n) is 3.03. The lowest BCUT2D eigenvalue weighted by Crippen LogP contribution is -2.24. The summed E-state index contributed by atoms with van der Waals surface area (Å²) in [5.41, 5.74) is 4.92. The van der Waals surface area contributed by atoms with Gasteiger partial charge in [-0.2, -0.15) is 0 Å². The molecule has 1 aromatic rings. The predicted molar refractivity (Wildman–Crippen MR) is 70.9 cm³/mol. The first-order chi connectivity index (χ1) is 7.92. The van der Waals surface area contributed by atoms with Crippen LogP contribution in [-0.4, -0.2) is 6.61 Å². The van der Waals surface area contributed by atoms with Crippen LogP contribution in [0.2, 0.25) is 0 Å². The summed E-state index contributed by atoms with van der Waals surface area (Å²) in [6.45, 7) is 9.94. The molecule has 2 aliphatic rings. The van der Waals surface area contributed by atoms with E-state index in [-0.39, 0.29) is 5.41 Å². The molecule has 92 valence electrons. The standard InChI is InChI=1S/C16H22O/c1-11-9-12(15(2,3)4)14-13(10-11)16(5-6-16)7-8-17-14/h9-10H,5-8H2,1-4H3. The van der Waals surface area contributed by atoms with Crippen LogP contribution in [0.15, 0.2) is 12.1 Å². The fourth-order valence-corrected chi connectivity index (χ4v) is 3.03. The highest BCUT2D eigenvalue weighted by Gasteiger charge is 2.48. The van der Waals surface area contributed by atoms with Crippen molar-refractivity contribution in [3.05, 3.63) is 28.8 Å². The molecular formula is C16H22O. The van der Waals surface area contributed by atoms with Gasteiger partial charge in [-0.15, -0.1) is 0 Å². The van der Waals surface area contributed by atoms with Gasteiger partial charge < -0.3 is 4.74 Å². The molecule has 1 aliphatic heterocycles. The number of ether oxygens (including phenoxy) is 1. The van der Waals surface area contributed by atoms with Gasteiger partial charge in [0, 0.05) is 16.5 Å². The molecule has 0 bridgehead atoms. The van der Waals surface area contributed by atoms with Crippen LogP contribution < -0.4 is 4.74 Å². The van der Waals surface area contributed by atoms with Crippen LogP contribution in [-0.2, 0) is 10.8 Å². The van der Waals surface area contributed by atoms with Crippen molar-refractivity contribution in [3.8, 4) is 5.75 Å². The van der Waals surface area contributed by atoms with E-state index in [0.29, 0.717) is 5.41 Å². The minimum absolute atomic E-state index is 0.170. The Bertz CT molecular complexity index is 444. The average Bonchev–Trinajstić information content (AvgIpc) is 2.98. The van der Waals surface area contributed by atoms with Crippen molar-refractivity contribution in [3.63, 3.8) is 0 Å². The lowest BCUT2D eigenvalue weighted by Gasteiger charge is -2.32. The first kappa shape index (κ1) is 11.1. The number of hydrogen-bond donors (Lipinski definition) is 0. The van der Waals surface area contributed by atoms with Crippen LogP contribution in [0, 0.1) is 6.92 Å². The molecular weight excluding hydrogens is 208 g/mol. The van der Waals surface area contributed by atoms with Crippen LogP contribution in [0.3, 0.4) is 0 Å². The molecule has 1 aromatic carbocycles. The molecule has 0 atom stereocenters. The SMILES string of the molecule is Cc1cc(C(C)(C)C)c2c(c1)C1(CCO2)CC1. The lowest BCUT2D eigenvalue weighted by molar-refractivity contribution is 0.253. The Balaban J connectivity index is 2.22. The molecule has 0 saturated heterocycles. The van der Waals surface area contributed by atoms with Crippen LogP contribution in [0.5, 0.6) is 5.75 Å². The Labute approximate surface area is 104 Å². The minimum Gasteiger partial charge on any atom is -0.493 e. The normalized spacial score (nSPS) is 20.9. The third-order valence-corrected chi connectivity index (χ3v) is 4.29. The van der Waals surface area contributed by atoms with E-state index in [0.717, 1.165) is 6.61 Å². The topological polar surface area (TPSA) is 9.23 Å². The Hall–Kier alpha value is -0.980. The van der Waals surface area contributed by atoms with Crippen molar-refractivity contribution in [1.29, 1.82) is 0 Å². The van der Waals surface area contributed by atoms with Gasteiger partial charge in [0.2, 0.25) is 0 Å². The maximum absolute atomic E-state index is 6.01. The van der Waals surface area contributed by atoms with Crippen molar-refractivity contribution in [2.75, 3.05) is 6.61 Å². The second kappa shape index (κ2) is 3.28. The molecule has 3 rings (SSSR count). The number of hydrogen-bond acceptors (Lipinski definition) is 1. The number of rotatable bonds is 0. The van der Waals surface area contributed by atoms with Gasteiger partial charge in [-0.25, -0.2) is 0 Å². The Morgan fingerprint density at radius 2 is 1.82 bits per heavy atom. The molecule has 0 aromatic heterocycles. The molecule has 0 amide bonds. The Kier molecular flexibility index (Phi) is 2.14. The molecule has 0 radical (unpaired) electrons. The summed E-state index contributed by atoms with van der Waals surface area (Å²) in [7, 11) is 0. The van der Waals surface area contributed by atoms with E-state index in [9.17, 15) is 0 Å². The lowest BCUT2D eigenvalue weighted by atomic mass is 9.79. The Morgan fingerprint density at radius 1 is 1.12 bits per heavy atom. The van der Waals surface area contributed by atoms with Crippen molar-refractivity contribution in [2.24, 2.45) is 0 Å². The van der Waals surface area contributed by atoms with E-state index >= 15 is 0 Å². The first-order valence-corrected chi connectivity index (χ1v) is 6.71. The number of fused-ring (bicyclic) bond motifs is 2. The van der Waals surface area contributed by atoms with Gasteiger partial charge in [-0.05, 0) is 31.6 Å². The van der Waals surface area contributed by atoms with Crippen molar-refractivity contribution in [2.45, 2.75) is 57.8 Å². The van der Waals surface area contributed by atoms with Gasteiger partial charge in [-0.3, -0.25) is 0 Å². The highest BCUT2D eigenvalue weighted by molar-refractivity contribution is 5.54. The molecule has 0 unspecified atom stereocenters. The molecule has 1 saturated carbocycles. The van der Waals surface area contributed by atoms with E-state index in [4.69, 9.17) is 4.74 Å². The van der Waals surface area contributed by atoms with Gasteiger partial charge in [0.1, 0.15) is 5.75 Å². The molecule has 1 spiro atoms. The highest BCUT2D eigenvalue weighted by atomic mass is 16.5. The predicted octanol–water partition coefficient (Wildman–Crippen LogP) is 4.11. The molecule has 17 heavy (non-hydrogen) atoms. The summed E-state index contributed by atoms with van der Waals surface area (Å²) in [5, 5.41) is 0. The zero-order chi connectivity index (χ0) is 12.3. The summed E-state index contributed by atoms with van der Waals surface area (Å²) in [6.07, 6.45) is 3.93. The van der Waals surface area contributed by atoms with Crippen molar-refractivity contribution >= 4 is 0 Å². The van der Waals surface area contributed by atoms with E-state index in [1.54, 1.807) is 0 Å². The molecule has 1 aliphatic carbocycles. The van der Waals surface area contributed by atoms with E-state index in [1.165, 1.54) is 41.7 Å². The van der Waals surface area contributed by atoms with Gasteiger partial charge >= 0.3 is 0 Å². The maximum atomic E-state index is 6.01. The number of aryl methyl sites for hydroxylation is 1. The van der Waals surface area contributed by atoms with E-state index in [2.05, 4.69) is 39.8 Å². The molecule has 1 heteroatoms. The van der Waals surface area contributed by atoms with Gasteiger partial charge in [0.15, 0.2) is 0 Å². The summed E-state index contributed by atoms with van der Waals surface area (Å²) < 4.78 is 6.01. The minimum atomic E-state index is 0.170. The fraction of sp³-hybridized carbons (Fsp3) is 0.625. The van der Waals surface area contributed by atoms with Gasteiger partial charge in [0.05, 0.1) is 6.61 Å². The van der Waals surface area contributed by atoms with Gasteiger partial charge in [-0.1, -0.05) is 38.5 Å². The monoisotopic (exact) mass is 230 g/mol. The van der Waals surface area contributed by atoms with Crippen LogP contribution in [0.1, 0.15) is 56.7 Å². The van der Waals surface area contributed by atoms with Crippen LogP contribution in [0.25, 0.3) is 0 Å². The highest BCUT2D eigenvalue weighted by Crippen LogP contribution is 2.57. The number of benzene rings is 1. The van der Waals surface area contributed by atoms with Crippen LogP contribution in [0.4, 0.5) is 0 Å². The second-order valence-corrected chi connectivity index (χ2v) is 6.82. The third-order valence-electron chi connectivity index (χ3n) is 4.29. The quantitative estimate of drug-likeness (QED) is 0.652.